The van der Waals surface area contributed by atoms with Crippen LogP contribution in [0.3, 0.4) is 0 Å². The van der Waals surface area contributed by atoms with Crippen molar-refractivity contribution in [1.29, 1.82) is 0 Å². The summed E-state index contributed by atoms with van der Waals surface area (Å²) in [5.41, 5.74) is 1.20. The molecule has 2 rings (SSSR count). The van der Waals surface area contributed by atoms with Gasteiger partial charge in [-0.15, -0.1) is 0 Å². The fraction of sp³-hybridized carbons (Fsp3) is 0.600. The number of anilines is 1. The summed E-state index contributed by atoms with van der Waals surface area (Å²) in [6.07, 6.45) is 1.14. The van der Waals surface area contributed by atoms with Crippen LogP contribution in [0.25, 0.3) is 0 Å². The molecule has 1 aromatic carbocycles. The van der Waals surface area contributed by atoms with Crippen molar-refractivity contribution in [1.82, 2.24) is 5.32 Å². The molecule has 4 nitrogen and oxygen atoms in total. The monoisotopic (exact) mass is 264 g/mol. The van der Waals surface area contributed by atoms with Gasteiger partial charge in [0.15, 0.2) is 0 Å². The predicted octanol–water partition coefficient (Wildman–Crippen LogP) is 2.28. The van der Waals surface area contributed by atoms with Gasteiger partial charge in [0.1, 0.15) is 11.5 Å². The molecule has 1 atom stereocenters. The van der Waals surface area contributed by atoms with Gasteiger partial charge in [0.2, 0.25) is 0 Å². The molecule has 0 saturated carbocycles. The first-order valence-electron chi connectivity index (χ1n) is 6.71. The third-order valence-corrected chi connectivity index (χ3v) is 4.22. The van der Waals surface area contributed by atoms with Gasteiger partial charge in [0, 0.05) is 18.7 Å². The van der Waals surface area contributed by atoms with E-state index in [0.29, 0.717) is 6.04 Å². The lowest BCUT2D eigenvalue weighted by atomic mass is 9.95. The first-order valence-corrected chi connectivity index (χ1v) is 6.71. The molecule has 0 spiro atoms. The Labute approximate surface area is 115 Å². The molecule has 4 heteroatoms. The number of hydrogen-bond acceptors (Lipinski definition) is 4. The third kappa shape index (κ3) is 2.37. The van der Waals surface area contributed by atoms with E-state index in [2.05, 4.69) is 30.1 Å². The van der Waals surface area contributed by atoms with Crippen LogP contribution < -0.4 is 19.7 Å². The highest BCUT2D eigenvalue weighted by Crippen LogP contribution is 2.40. The molecule has 1 aromatic rings. The van der Waals surface area contributed by atoms with Gasteiger partial charge in [0.25, 0.3) is 0 Å². The fourth-order valence-electron chi connectivity index (χ4n) is 3.02. The van der Waals surface area contributed by atoms with Crippen LogP contribution in [-0.2, 0) is 0 Å². The Bertz CT molecular complexity index is 446. The highest BCUT2D eigenvalue weighted by Gasteiger charge is 2.41. The number of nitrogens with zero attached hydrogens (tertiary/aromatic N) is 1. The van der Waals surface area contributed by atoms with Crippen LogP contribution in [0.4, 0.5) is 5.69 Å². The summed E-state index contributed by atoms with van der Waals surface area (Å²) < 4.78 is 10.8. The van der Waals surface area contributed by atoms with E-state index in [9.17, 15) is 0 Å². The van der Waals surface area contributed by atoms with Crippen LogP contribution in [0.2, 0.25) is 0 Å². The van der Waals surface area contributed by atoms with Crippen molar-refractivity contribution >= 4 is 5.69 Å². The Kier molecular flexibility index (Phi) is 3.90. The average Bonchev–Trinajstić information content (AvgIpc) is 2.72. The lowest BCUT2D eigenvalue weighted by Gasteiger charge is -2.38. The largest absolute Gasteiger partial charge is 0.497 e. The molecule has 0 amide bonds. The molecule has 1 unspecified atom stereocenters. The van der Waals surface area contributed by atoms with Gasteiger partial charge in [-0.1, -0.05) is 0 Å². The number of likely N-dealkylation sites (N-methyl/N-ethyl adjacent to an activating group) is 1. The molecule has 1 N–H and O–H groups in total. The number of rotatable bonds is 4. The summed E-state index contributed by atoms with van der Waals surface area (Å²) in [5.74, 6) is 1.69. The molecule has 1 aliphatic rings. The zero-order valence-corrected chi connectivity index (χ0v) is 12.5. The van der Waals surface area contributed by atoms with Crippen LogP contribution >= 0.6 is 0 Å². The van der Waals surface area contributed by atoms with Crippen LogP contribution in [0.5, 0.6) is 11.5 Å². The molecule has 0 radical (unpaired) electrons. The van der Waals surface area contributed by atoms with E-state index in [1.807, 2.05) is 19.2 Å². The molecular formula is C15H24N2O2. The maximum Gasteiger partial charge on any atom is 0.145 e. The number of methoxy groups -OCH3 is 2. The van der Waals surface area contributed by atoms with Gasteiger partial charge in [0.05, 0.1) is 25.4 Å². The minimum absolute atomic E-state index is 0.0661. The lowest BCUT2D eigenvalue weighted by Crippen LogP contribution is -2.50. The van der Waals surface area contributed by atoms with Crippen molar-refractivity contribution in [3.63, 3.8) is 0 Å². The molecule has 0 aliphatic carbocycles. The highest BCUT2D eigenvalue weighted by molar-refractivity contribution is 5.63. The third-order valence-electron chi connectivity index (χ3n) is 4.22. The topological polar surface area (TPSA) is 33.7 Å². The Hall–Kier alpha value is -1.42. The second kappa shape index (κ2) is 5.29. The summed E-state index contributed by atoms with van der Waals surface area (Å²) >= 11 is 0. The van der Waals surface area contributed by atoms with Gasteiger partial charge >= 0.3 is 0 Å². The van der Waals surface area contributed by atoms with Crippen molar-refractivity contribution in [3.05, 3.63) is 18.2 Å². The zero-order chi connectivity index (χ0) is 14.0. The van der Waals surface area contributed by atoms with Crippen molar-refractivity contribution in [2.75, 3.05) is 32.7 Å². The van der Waals surface area contributed by atoms with E-state index in [1.165, 1.54) is 0 Å². The quantitative estimate of drug-likeness (QED) is 0.904. The molecule has 0 aromatic heterocycles. The number of hydrogen-bond donors (Lipinski definition) is 1. The van der Waals surface area contributed by atoms with Crippen LogP contribution in [0, 0.1) is 0 Å². The minimum Gasteiger partial charge on any atom is -0.497 e. The van der Waals surface area contributed by atoms with Crippen molar-refractivity contribution in [2.24, 2.45) is 0 Å². The maximum atomic E-state index is 5.52. The predicted molar refractivity (Wildman–Crippen MR) is 78.4 cm³/mol. The fourth-order valence-corrected chi connectivity index (χ4v) is 3.02. The second-order valence-corrected chi connectivity index (χ2v) is 5.47. The Balaban J connectivity index is 2.37. The van der Waals surface area contributed by atoms with Crippen LogP contribution in [-0.4, -0.2) is 39.4 Å². The maximum absolute atomic E-state index is 5.52. The SMILES string of the molecule is CNC1CCN(c2ccc(OC)cc2OC)C1(C)C. The molecule has 1 aliphatic heterocycles. The Morgan fingerprint density at radius 1 is 1.26 bits per heavy atom. The standard InChI is InChI=1S/C15H24N2O2/c1-15(2)14(16-3)8-9-17(15)12-7-6-11(18-4)10-13(12)19-5/h6-7,10,14,16H,8-9H2,1-5H3. The minimum atomic E-state index is 0.0661. The Morgan fingerprint density at radius 3 is 2.53 bits per heavy atom. The Morgan fingerprint density at radius 2 is 2.00 bits per heavy atom. The zero-order valence-electron chi connectivity index (χ0n) is 12.5. The van der Waals surface area contributed by atoms with E-state index in [0.717, 1.165) is 30.2 Å². The summed E-state index contributed by atoms with van der Waals surface area (Å²) in [7, 11) is 5.41. The molecule has 1 saturated heterocycles. The first-order chi connectivity index (χ1) is 9.04. The summed E-state index contributed by atoms with van der Waals surface area (Å²) in [5, 5.41) is 3.41. The van der Waals surface area contributed by atoms with Crippen molar-refractivity contribution in [2.45, 2.75) is 31.8 Å². The number of benzene rings is 1. The molecule has 1 fully saturated rings. The van der Waals surface area contributed by atoms with Gasteiger partial charge in [-0.2, -0.15) is 0 Å². The number of nitrogens with one attached hydrogen (secondary N) is 1. The van der Waals surface area contributed by atoms with E-state index in [-0.39, 0.29) is 5.54 Å². The highest BCUT2D eigenvalue weighted by atomic mass is 16.5. The van der Waals surface area contributed by atoms with Crippen molar-refractivity contribution < 1.29 is 9.47 Å². The normalized spacial score (nSPS) is 21.5. The first kappa shape index (κ1) is 14.0. The van der Waals surface area contributed by atoms with E-state index in [4.69, 9.17) is 9.47 Å². The van der Waals surface area contributed by atoms with Gasteiger partial charge in [-0.25, -0.2) is 0 Å². The van der Waals surface area contributed by atoms with Gasteiger partial charge in [-0.05, 0) is 39.4 Å². The summed E-state index contributed by atoms with van der Waals surface area (Å²) in [4.78, 5) is 2.41. The molecule has 1 heterocycles. The van der Waals surface area contributed by atoms with Crippen LogP contribution in [0.1, 0.15) is 20.3 Å². The average molecular weight is 264 g/mol. The van der Waals surface area contributed by atoms with Crippen LogP contribution in [0.15, 0.2) is 18.2 Å². The van der Waals surface area contributed by atoms with E-state index >= 15 is 0 Å². The van der Waals surface area contributed by atoms with Gasteiger partial charge in [-0.3, -0.25) is 0 Å². The van der Waals surface area contributed by atoms with E-state index in [1.54, 1.807) is 14.2 Å². The second-order valence-electron chi connectivity index (χ2n) is 5.47. The van der Waals surface area contributed by atoms with Crippen molar-refractivity contribution in [3.8, 4) is 11.5 Å². The lowest BCUT2D eigenvalue weighted by molar-refractivity contribution is 0.382. The smallest absolute Gasteiger partial charge is 0.145 e. The summed E-state index contributed by atoms with van der Waals surface area (Å²) in [6, 6.07) is 6.50. The summed E-state index contributed by atoms with van der Waals surface area (Å²) in [6.45, 7) is 5.57. The van der Waals surface area contributed by atoms with Gasteiger partial charge < -0.3 is 19.7 Å². The van der Waals surface area contributed by atoms with E-state index < -0.39 is 0 Å². The molecular weight excluding hydrogens is 240 g/mol. The molecule has 106 valence electrons. The molecule has 19 heavy (non-hydrogen) atoms. The number of ether oxygens (including phenoxy) is 2. The molecule has 0 bridgehead atoms.